The first-order valence-corrected chi connectivity index (χ1v) is 6.54. The molecule has 1 nitrogen and oxygen atoms in total. The molecule has 0 saturated heterocycles. The van der Waals surface area contributed by atoms with Crippen LogP contribution in [0.3, 0.4) is 0 Å². The Kier molecular flexibility index (Phi) is 5.99. The number of nitrogens with zero attached hydrogens (tertiary/aromatic N) is 1. The van der Waals surface area contributed by atoms with Crippen LogP contribution in [0.25, 0.3) is 0 Å². The Morgan fingerprint density at radius 2 is 1.88 bits per heavy atom. The SMILES string of the molecule is C=CC(CCCC)C(c1ccccc1)N(C)C. The van der Waals surface area contributed by atoms with Gasteiger partial charge in [0.05, 0.1) is 0 Å². The van der Waals surface area contributed by atoms with Gasteiger partial charge in [-0.2, -0.15) is 0 Å². The van der Waals surface area contributed by atoms with E-state index in [1.165, 1.54) is 24.8 Å². The van der Waals surface area contributed by atoms with Gasteiger partial charge >= 0.3 is 0 Å². The van der Waals surface area contributed by atoms with Gasteiger partial charge in [-0.1, -0.05) is 56.2 Å². The molecule has 0 amide bonds. The molecule has 0 spiro atoms. The third-order valence-corrected chi connectivity index (χ3v) is 3.30. The number of unbranched alkanes of at least 4 members (excludes halogenated alkanes) is 1. The third kappa shape index (κ3) is 4.01. The molecule has 2 unspecified atom stereocenters. The lowest BCUT2D eigenvalue weighted by molar-refractivity contribution is 0.231. The molecule has 0 aromatic heterocycles. The van der Waals surface area contributed by atoms with Crippen molar-refractivity contribution in [2.45, 2.75) is 32.2 Å². The van der Waals surface area contributed by atoms with Crippen molar-refractivity contribution in [3.8, 4) is 0 Å². The van der Waals surface area contributed by atoms with Gasteiger partial charge in [-0.25, -0.2) is 0 Å². The van der Waals surface area contributed by atoms with Gasteiger partial charge in [-0.3, -0.25) is 0 Å². The van der Waals surface area contributed by atoms with E-state index in [0.29, 0.717) is 12.0 Å². The van der Waals surface area contributed by atoms with E-state index in [0.717, 1.165) is 0 Å². The Morgan fingerprint density at radius 1 is 1.24 bits per heavy atom. The summed E-state index contributed by atoms with van der Waals surface area (Å²) in [5.41, 5.74) is 1.39. The van der Waals surface area contributed by atoms with Crippen LogP contribution in [-0.4, -0.2) is 19.0 Å². The molecule has 1 aromatic carbocycles. The summed E-state index contributed by atoms with van der Waals surface area (Å²) in [6.07, 6.45) is 5.86. The van der Waals surface area contributed by atoms with Gasteiger partial charge in [0, 0.05) is 6.04 Å². The van der Waals surface area contributed by atoms with Gasteiger partial charge in [0.15, 0.2) is 0 Å². The Balaban J connectivity index is 2.87. The van der Waals surface area contributed by atoms with Crippen LogP contribution in [0.2, 0.25) is 0 Å². The summed E-state index contributed by atoms with van der Waals surface area (Å²) in [6, 6.07) is 11.2. The molecule has 0 radical (unpaired) electrons. The van der Waals surface area contributed by atoms with Crippen molar-refractivity contribution in [2.75, 3.05) is 14.1 Å². The van der Waals surface area contributed by atoms with Crippen molar-refractivity contribution in [3.05, 3.63) is 48.6 Å². The number of benzene rings is 1. The van der Waals surface area contributed by atoms with Crippen LogP contribution in [-0.2, 0) is 0 Å². The molecule has 0 aliphatic heterocycles. The number of hydrogen-bond acceptors (Lipinski definition) is 1. The molecular weight excluding hydrogens is 206 g/mol. The maximum Gasteiger partial charge on any atom is 0.0404 e. The monoisotopic (exact) mass is 231 g/mol. The second-order valence-electron chi connectivity index (χ2n) is 4.86. The van der Waals surface area contributed by atoms with Gasteiger partial charge in [-0.05, 0) is 32.0 Å². The van der Waals surface area contributed by atoms with Gasteiger partial charge in [0.1, 0.15) is 0 Å². The van der Waals surface area contributed by atoms with Crippen LogP contribution in [0, 0.1) is 5.92 Å². The summed E-state index contributed by atoms with van der Waals surface area (Å²) in [7, 11) is 4.31. The van der Waals surface area contributed by atoms with Crippen molar-refractivity contribution in [1.82, 2.24) is 4.90 Å². The van der Waals surface area contributed by atoms with E-state index in [4.69, 9.17) is 0 Å². The highest BCUT2D eigenvalue weighted by Gasteiger charge is 2.21. The van der Waals surface area contributed by atoms with Gasteiger partial charge in [-0.15, -0.1) is 6.58 Å². The summed E-state index contributed by atoms with van der Waals surface area (Å²) in [4.78, 5) is 2.30. The average molecular weight is 231 g/mol. The molecule has 0 saturated carbocycles. The largest absolute Gasteiger partial charge is 0.302 e. The molecule has 0 fully saturated rings. The molecule has 0 aliphatic carbocycles. The zero-order chi connectivity index (χ0) is 12.7. The van der Waals surface area contributed by atoms with Crippen molar-refractivity contribution in [3.63, 3.8) is 0 Å². The van der Waals surface area contributed by atoms with Crippen LogP contribution in [0.1, 0.15) is 37.8 Å². The zero-order valence-electron chi connectivity index (χ0n) is 11.4. The summed E-state index contributed by atoms with van der Waals surface area (Å²) < 4.78 is 0. The van der Waals surface area contributed by atoms with Crippen molar-refractivity contribution in [2.24, 2.45) is 5.92 Å². The lowest BCUT2D eigenvalue weighted by atomic mass is 9.88. The van der Waals surface area contributed by atoms with Crippen LogP contribution < -0.4 is 0 Å². The first-order chi connectivity index (χ1) is 8.20. The molecule has 0 heterocycles. The Labute approximate surface area is 106 Å². The molecule has 0 N–H and O–H groups in total. The van der Waals surface area contributed by atoms with E-state index >= 15 is 0 Å². The van der Waals surface area contributed by atoms with E-state index in [1.54, 1.807) is 0 Å². The van der Waals surface area contributed by atoms with Crippen LogP contribution in [0.5, 0.6) is 0 Å². The molecule has 1 rings (SSSR count). The van der Waals surface area contributed by atoms with E-state index in [9.17, 15) is 0 Å². The Morgan fingerprint density at radius 3 is 2.35 bits per heavy atom. The quantitative estimate of drug-likeness (QED) is 0.633. The molecule has 94 valence electrons. The fourth-order valence-electron chi connectivity index (χ4n) is 2.42. The maximum absolute atomic E-state index is 4.02. The predicted octanol–water partition coefficient (Wildman–Crippen LogP) is 4.28. The van der Waals surface area contributed by atoms with Crippen molar-refractivity contribution in [1.29, 1.82) is 0 Å². The highest BCUT2D eigenvalue weighted by atomic mass is 15.1. The standard InChI is InChI=1S/C16H25N/c1-5-7-11-14(6-2)16(17(3)4)15-12-9-8-10-13-15/h6,8-10,12-14,16H,2,5,7,11H2,1,3-4H3. The molecule has 17 heavy (non-hydrogen) atoms. The van der Waals surface area contributed by atoms with Crippen LogP contribution >= 0.6 is 0 Å². The summed E-state index contributed by atoms with van der Waals surface area (Å²) >= 11 is 0. The molecule has 0 bridgehead atoms. The van der Waals surface area contributed by atoms with Crippen LogP contribution in [0.15, 0.2) is 43.0 Å². The molecule has 1 aromatic rings. The van der Waals surface area contributed by atoms with E-state index < -0.39 is 0 Å². The van der Waals surface area contributed by atoms with E-state index in [1.807, 2.05) is 0 Å². The normalized spacial score (nSPS) is 14.6. The summed E-state index contributed by atoms with van der Waals surface area (Å²) in [5.74, 6) is 0.535. The number of rotatable bonds is 7. The minimum atomic E-state index is 0.445. The fourth-order valence-corrected chi connectivity index (χ4v) is 2.42. The minimum absolute atomic E-state index is 0.445. The summed E-state index contributed by atoms with van der Waals surface area (Å²) in [5, 5.41) is 0. The van der Waals surface area contributed by atoms with Gasteiger partial charge in [0.2, 0.25) is 0 Å². The number of hydrogen-bond donors (Lipinski definition) is 0. The third-order valence-electron chi connectivity index (χ3n) is 3.30. The average Bonchev–Trinajstić information content (AvgIpc) is 2.35. The first kappa shape index (κ1) is 14.0. The smallest absolute Gasteiger partial charge is 0.0404 e. The predicted molar refractivity (Wildman–Crippen MR) is 76.1 cm³/mol. The maximum atomic E-state index is 4.02. The fraction of sp³-hybridized carbons (Fsp3) is 0.500. The van der Waals surface area contributed by atoms with Gasteiger partial charge < -0.3 is 4.90 Å². The van der Waals surface area contributed by atoms with E-state index in [-0.39, 0.29) is 0 Å². The first-order valence-electron chi connectivity index (χ1n) is 6.54. The zero-order valence-corrected chi connectivity index (χ0v) is 11.4. The summed E-state index contributed by atoms with van der Waals surface area (Å²) in [6.45, 7) is 6.26. The highest BCUT2D eigenvalue weighted by molar-refractivity contribution is 5.20. The Bertz CT molecular complexity index is 316. The van der Waals surface area contributed by atoms with Crippen molar-refractivity contribution < 1.29 is 0 Å². The second kappa shape index (κ2) is 7.29. The lowest BCUT2D eigenvalue weighted by Crippen LogP contribution is -2.26. The Hall–Kier alpha value is -1.08. The molecular formula is C16H25N. The van der Waals surface area contributed by atoms with Crippen LogP contribution in [0.4, 0.5) is 0 Å². The van der Waals surface area contributed by atoms with E-state index in [2.05, 4.69) is 68.9 Å². The minimum Gasteiger partial charge on any atom is -0.302 e. The lowest BCUT2D eigenvalue weighted by Gasteiger charge is -2.31. The highest BCUT2D eigenvalue weighted by Crippen LogP contribution is 2.31. The molecule has 1 heteroatoms. The van der Waals surface area contributed by atoms with Crippen molar-refractivity contribution >= 4 is 0 Å². The molecule has 2 atom stereocenters. The van der Waals surface area contributed by atoms with Gasteiger partial charge in [0.25, 0.3) is 0 Å². The molecule has 0 aliphatic rings. The topological polar surface area (TPSA) is 3.24 Å². The second-order valence-corrected chi connectivity index (χ2v) is 4.86.